The third kappa shape index (κ3) is 2.76. The van der Waals surface area contributed by atoms with Crippen LogP contribution in [-0.4, -0.2) is 23.5 Å². The summed E-state index contributed by atoms with van der Waals surface area (Å²) in [5.41, 5.74) is 9.22. The van der Waals surface area contributed by atoms with Gasteiger partial charge in [-0.15, -0.1) is 11.3 Å². The fourth-order valence-corrected chi connectivity index (χ4v) is 4.72. The highest BCUT2D eigenvalue weighted by atomic mass is 32.1. The van der Waals surface area contributed by atoms with Crippen molar-refractivity contribution < 1.29 is 4.79 Å². The molecular formula is C19H23N3OS. The molecule has 2 fully saturated rings. The molecule has 2 aromatic rings. The Kier molecular flexibility index (Phi) is 3.73. The number of benzene rings is 1. The Morgan fingerprint density at radius 2 is 2.25 bits per heavy atom. The first-order chi connectivity index (χ1) is 11.5. The summed E-state index contributed by atoms with van der Waals surface area (Å²) in [7, 11) is 0. The molecule has 126 valence electrons. The standard InChI is InChI=1S/C19H23N3OS/c1-11-4-3-5-13(8-11)17-16(21-12(2)24-17)18(23)22-15(10-20)14-9-19(14)6-7-19/h3-5,8,14-15H,6-7,9-10,20H2,1-2H3,(H,22,23)/t14-,15+/m0/s1. The van der Waals surface area contributed by atoms with Crippen LogP contribution >= 0.6 is 11.3 Å². The van der Waals surface area contributed by atoms with Gasteiger partial charge >= 0.3 is 0 Å². The molecule has 1 aromatic heterocycles. The normalized spacial score (nSPS) is 21.5. The van der Waals surface area contributed by atoms with E-state index in [1.54, 1.807) is 11.3 Å². The number of thiazole rings is 1. The zero-order valence-electron chi connectivity index (χ0n) is 14.1. The van der Waals surface area contributed by atoms with E-state index in [0.717, 1.165) is 15.4 Å². The van der Waals surface area contributed by atoms with Crippen molar-refractivity contribution in [3.05, 3.63) is 40.5 Å². The average molecular weight is 341 g/mol. The molecule has 2 saturated carbocycles. The maximum Gasteiger partial charge on any atom is 0.271 e. The first-order valence-corrected chi connectivity index (χ1v) is 9.39. The summed E-state index contributed by atoms with van der Waals surface area (Å²) < 4.78 is 0. The largest absolute Gasteiger partial charge is 0.346 e. The topological polar surface area (TPSA) is 68.0 Å². The predicted octanol–water partition coefficient (Wildman–Crippen LogP) is 3.28. The van der Waals surface area contributed by atoms with Gasteiger partial charge in [0, 0.05) is 12.6 Å². The van der Waals surface area contributed by atoms with Crippen LogP contribution in [0.15, 0.2) is 24.3 Å². The number of carbonyl (C=O) groups is 1. The van der Waals surface area contributed by atoms with Gasteiger partial charge in [-0.05, 0) is 50.0 Å². The predicted molar refractivity (Wildman–Crippen MR) is 97.1 cm³/mol. The fourth-order valence-electron chi connectivity index (χ4n) is 3.81. The fraction of sp³-hybridized carbons (Fsp3) is 0.474. The van der Waals surface area contributed by atoms with Gasteiger partial charge in [0.2, 0.25) is 0 Å². The van der Waals surface area contributed by atoms with E-state index in [4.69, 9.17) is 5.73 Å². The minimum atomic E-state index is -0.0889. The Balaban J connectivity index is 1.58. The lowest BCUT2D eigenvalue weighted by atomic mass is 10.1. The van der Waals surface area contributed by atoms with Crippen molar-refractivity contribution in [2.24, 2.45) is 17.1 Å². The van der Waals surface area contributed by atoms with Gasteiger partial charge in [0.05, 0.1) is 9.88 Å². The second kappa shape index (κ2) is 5.67. The number of rotatable bonds is 5. The highest BCUT2D eigenvalue weighted by Crippen LogP contribution is 2.71. The van der Waals surface area contributed by atoms with E-state index in [-0.39, 0.29) is 11.9 Å². The molecule has 0 unspecified atom stereocenters. The molecule has 0 aliphatic heterocycles. The van der Waals surface area contributed by atoms with Crippen molar-refractivity contribution in [1.29, 1.82) is 0 Å². The van der Waals surface area contributed by atoms with Crippen LogP contribution in [0.25, 0.3) is 10.4 Å². The van der Waals surface area contributed by atoms with Crippen LogP contribution < -0.4 is 11.1 Å². The number of nitrogens with zero attached hydrogens (tertiary/aromatic N) is 1. The summed E-state index contributed by atoms with van der Waals surface area (Å²) in [4.78, 5) is 18.3. The maximum absolute atomic E-state index is 12.8. The van der Waals surface area contributed by atoms with Gasteiger partial charge in [-0.2, -0.15) is 0 Å². The molecule has 0 saturated heterocycles. The van der Waals surface area contributed by atoms with Crippen LogP contribution in [0.1, 0.15) is 40.3 Å². The quantitative estimate of drug-likeness (QED) is 0.877. The molecule has 2 atom stereocenters. The van der Waals surface area contributed by atoms with E-state index in [2.05, 4.69) is 29.4 Å². The van der Waals surface area contributed by atoms with E-state index < -0.39 is 0 Å². The Bertz CT molecular complexity index is 794. The highest BCUT2D eigenvalue weighted by Gasteiger charge is 2.64. The SMILES string of the molecule is Cc1cccc(-c2sc(C)nc2C(=O)N[C@H](CN)[C@@H]2CC23CC3)c1. The summed E-state index contributed by atoms with van der Waals surface area (Å²) in [5.74, 6) is 0.475. The zero-order valence-corrected chi connectivity index (χ0v) is 15.0. The van der Waals surface area contributed by atoms with Crippen molar-refractivity contribution in [3.63, 3.8) is 0 Å². The smallest absolute Gasteiger partial charge is 0.271 e. The molecule has 2 aliphatic rings. The summed E-state index contributed by atoms with van der Waals surface area (Å²) >= 11 is 1.57. The van der Waals surface area contributed by atoms with Crippen LogP contribution in [-0.2, 0) is 0 Å². The lowest BCUT2D eigenvalue weighted by Crippen LogP contribution is -2.42. The van der Waals surface area contributed by atoms with Crippen molar-refractivity contribution in [2.75, 3.05) is 6.54 Å². The number of aryl methyl sites for hydroxylation is 2. The molecule has 0 radical (unpaired) electrons. The molecule has 2 aliphatic carbocycles. The molecule has 5 heteroatoms. The molecule has 1 heterocycles. The summed E-state index contributed by atoms with van der Waals surface area (Å²) in [6.07, 6.45) is 3.82. The van der Waals surface area contributed by atoms with Gasteiger partial charge in [0.25, 0.3) is 5.91 Å². The van der Waals surface area contributed by atoms with Crippen molar-refractivity contribution in [2.45, 2.75) is 39.2 Å². The number of hydrogen-bond acceptors (Lipinski definition) is 4. The van der Waals surface area contributed by atoms with Crippen molar-refractivity contribution in [3.8, 4) is 10.4 Å². The summed E-state index contributed by atoms with van der Waals surface area (Å²) in [6.45, 7) is 4.51. The Morgan fingerprint density at radius 3 is 2.88 bits per heavy atom. The van der Waals surface area contributed by atoms with Crippen LogP contribution in [0, 0.1) is 25.2 Å². The van der Waals surface area contributed by atoms with Gasteiger partial charge in [0.1, 0.15) is 5.69 Å². The number of nitrogens with two attached hydrogens (primary N) is 1. The van der Waals surface area contributed by atoms with Crippen molar-refractivity contribution >= 4 is 17.2 Å². The molecular weight excluding hydrogens is 318 g/mol. The highest BCUT2D eigenvalue weighted by molar-refractivity contribution is 7.15. The number of nitrogens with one attached hydrogen (secondary N) is 1. The van der Waals surface area contributed by atoms with E-state index in [9.17, 15) is 4.79 Å². The van der Waals surface area contributed by atoms with E-state index in [0.29, 0.717) is 23.6 Å². The Morgan fingerprint density at radius 1 is 1.46 bits per heavy atom. The maximum atomic E-state index is 12.8. The molecule has 1 aromatic carbocycles. The molecule has 0 bridgehead atoms. The number of amides is 1. The first-order valence-electron chi connectivity index (χ1n) is 8.58. The van der Waals surface area contributed by atoms with Gasteiger partial charge in [-0.25, -0.2) is 4.98 Å². The summed E-state index contributed by atoms with van der Waals surface area (Å²) in [6, 6.07) is 8.29. The van der Waals surface area contributed by atoms with E-state index in [1.807, 2.05) is 19.1 Å². The number of carbonyl (C=O) groups excluding carboxylic acids is 1. The minimum Gasteiger partial charge on any atom is -0.346 e. The summed E-state index contributed by atoms with van der Waals surface area (Å²) in [5, 5.41) is 4.07. The average Bonchev–Trinajstić information content (AvgIpc) is 3.45. The zero-order chi connectivity index (χ0) is 16.9. The Labute approximate surface area is 146 Å². The third-order valence-corrected chi connectivity index (χ3v) is 6.45. The van der Waals surface area contributed by atoms with Crippen LogP contribution in [0.5, 0.6) is 0 Å². The van der Waals surface area contributed by atoms with Crippen LogP contribution in [0.2, 0.25) is 0 Å². The van der Waals surface area contributed by atoms with Crippen LogP contribution in [0.3, 0.4) is 0 Å². The lowest BCUT2D eigenvalue weighted by Gasteiger charge is -2.16. The van der Waals surface area contributed by atoms with Gasteiger partial charge in [-0.1, -0.05) is 29.8 Å². The molecule has 3 N–H and O–H groups in total. The van der Waals surface area contributed by atoms with Gasteiger partial charge in [-0.3, -0.25) is 4.79 Å². The monoisotopic (exact) mass is 341 g/mol. The van der Waals surface area contributed by atoms with Crippen LogP contribution in [0.4, 0.5) is 0 Å². The molecule has 4 nitrogen and oxygen atoms in total. The van der Waals surface area contributed by atoms with Gasteiger partial charge < -0.3 is 11.1 Å². The van der Waals surface area contributed by atoms with Gasteiger partial charge in [0.15, 0.2) is 0 Å². The Hall–Kier alpha value is -1.72. The second-order valence-corrected chi connectivity index (χ2v) is 8.47. The third-order valence-electron chi connectivity index (χ3n) is 5.43. The molecule has 4 rings (SSSR count). The first kappa shape index (κ1) is 15.8. The number of aromatic nitrogens is 1. The second-order valence-electron chi connectivity index (χ2n) is 7.27. The molecule has 24 heavy (non-hydrogen) atoms. The lowest BCUT2D eigenvalue weighted by molar-refractivity contribution is 0.0928. The minimum absolute atomic E-state index is 0.0763. The van der Waals surface area contributed by atoms with E-state index in [1.165, 1.54) is 24.8 Å². The van der Waals surface area contributed by atoms with Crippen molar-refractivity contribution in [1.82, 2.24) is 10.3 Å². The molecule has 1 spiro atoms. The molecule has 1 amide bonds. The van der Waals surface area contributed by atoms with E-state index >= 15 is 0 Å². The number of hydrogen-bond donors (Lipinski definition) is 2.